The summed E-state index contributed by atoms with van der Waals surface area (Å²) in [5, 5.41) is 0.396. The van der Waals surface area contributed by atoms with Crippen molar-refractivity contribution in [2.75, 3.05) is 7.05 Å². The van der Waals surface area contributed by atoms with Crippen LogP contribution in [0.1, 0.15) is 30.4 Å². The fourth-order valence-electron chi connectivity index (χ4n) is 3.19. The minimum atomic E-state index is -4.33. The lowest BCUT2D eigenvalue weighted by Gasteiger charge is -2.30. The second-order valence-electron chi connectivity index (χ2n) is 5.55. The molecule has 0 radical (unpaired) electrons. The topological polar surface area (TPSA) is 3.24 Å². The van der Waals surface area contributed by atoms with Crippen LogP contribution in [0.4, 0.5) is 13.2 Å². The lowest BCUT2D eigenvalue weighted by Crippen LogP contribution is -2.34. The fraction of sp³-hybridized carbons (Fsp3) is 0.467. The summed E-state index contributed by atoms with van der Waals surface area (Å²) in [6, 6.07) is 4.32. The van der Waals surface area contributed by atoms with Gasteiger partial charge in [0.1, 0.15) is 0 Å². The molecular formula is C15H15ClF3N. The molecule has 0 aromatic heterocycles. The molecule has 3 rings (SSSR count). The predicted molar refractivity (Wildman–Crippen MR) is 73.6 cm³/mol. The minimum Gasteiger partial charge on any atom is -0.297 e. The molecule has 1 saturated heterocycles. The molecule has 2 atom stereocenters. The second-order valence-corrected chi connectivity index (χ2v) is 5.96. The number of nitrogens with zero attached hydrogens (tertiary/aromatic N) is 1. The van der Waals surface area contributed by atoms with E-state index in [0.29, 0.717) is 22.7 Å². The van der Waals surface area contributed by atoms with Crippen LogP contribution in [0.25, 0.3) is 5.57 Å². The molecule has 20 heavy (non-hydrogen) atoms. The van der Waals surface area contributed by atoms with E-state index in [-0.39, 0.29) is 0 Å². The maximum Gasteiger partial charge on any atom is 0.416 e. The van der Waals surface area contributed by atoms with Gasteiger partial charge in [-0.2, -0.15) is 13.2 Å². The number of halogens is 4. The number of hydrogen-bond donors (Lipinski definition) is 0. The monoisotopic (exact) mass is 301 g/mol. The van der Waals surface area contributed by atoms with Crippen molar-refractivity contribution in [3.8, 4) is 0 Å². The molecule has 1 aromatic rings. The Bertz CT molecular complexity index is 565. The Balaban J connectivity index is 2.01. The Morgan fingerprint density at radius 3 is 2.65 bits per heavy atom. The van der Waals surface area contributed by atoms with Crippen LogP contribution in [0, 0.1) is 0 Å². The highest BCUT2D eigenvalue weighted by molar-refractivity contribution is 6.32. The normalized spacial score (nSPS) is 26.8. The molecule has 2 heterocycles. The molecule has 0 spiro atoms. The number of hydrogen-bond acceptors (Lipinski definition) is 1. The van der Waals surface area contributed by atoms with Gasteiger partial charge >= 0.3 is 6.18 Å². The van der Waals surface area contributed by atoms with Crippen LogP contribution in [0.5, 0.6) is 0 Å². The van der Waals surface area contributed by atoms with E-state index in [0.717, 1.165) is 30.9 Å². The lowest BCUT2D eigenvalue weighted by molar-refractivity contribution is -0.137. The van der Waals surface area contributed by atoms with Crippen LogP contribution in [0.2, 0.25) is 5.02 Å². The SMILES string of the molecule is CN1C2C=C(c3cc(C(F)(F)F)ccc3Cl)CC1CC2. The first kappa shape index (κ1) is 14.0. The smallest absolute Gasteiger partial charge is 0.297 e. The summed E-state index contributed by atoms with van der Waals surface area (Å²) in [4.78, 5) is 2.30. The van der Waals surface area contributed by atoms with Crippen molar-refractivity contribution in [3.05, 3.63) is 40.4 Å². The number of rotatable bonds is 1. The van der Waals surface area contributed by atoms with E-state index in [1.165, 1.54) is 12.1 Å². The van der Waals surface area contributed by atoms with Gasteiger partial charge in [-0.05, 0) is 55.6 Å². The first-order valence-corrected chi connectivity index (χ1v) is 7.04. The van der Waals surface area contributed by atoms with E-state index >= 15 is 0 Å². The summed E-state index contributed by atoms with van der Waals surface area (Å²) < 4.78 is 38.5. The number of alkyl halides is 3. The van der Waals surface area contributed by atoms with Crippen molar-refractivity contribution >= 4 is 17.2 Å². The summed E-state index contributed by atoms with van der Waals surface area (Å²) in [7, 11) is 2.07. The summed E-state index contributed by atoms with van der Waals surface area (Å²) in [5.74, 6) is 0. The molecule has 0 amide bonds. The van der Waals surface area contributed by atoms with Gasteiger partial charge in [-0.3, -0.25) is 4.90 Å². The zero-order valence-electron chi connectivity index (χ0n) is 11.0. The summed E-state index contributed by atoms with van der Waals surface area (Å²) in [5.41, 5.74) is 0.849. The van der Waals surface area contributed by atoms with Gasteiger partial charge in [0.15, 0.2) is 0 Å². The van der Waals surface area contributed by atoms with Crippen molar-refractivity contribution in [1.29, 1.82) is 0 Å². The van der Waals surface area contributed by atoms with Gasteiger partial charge in [-0.15, -0.1) is 0 Å². The third-order valence-corrected chi connectivity index (χ3v) is 4.71. The second kappa shape index (κ2) is 4.78. The third-order valence-electron chi connectivity index (χ3n) is 4.38. The maximum atomic E-state index is 12.8. The van der Waals surface area contributed by atoms with Crippen LogP contribution in [0.3, 0.4) is 0 Å². The van der Waals surface area contributed by atoms with Crippen molar-refractivity contribution in [2.24, 2.45) is 0 Å². The molecule has 0 saturated carbocycles. The fourth-order valence-corrected chi connectivity index (χ4v) is 3.43. The standard InChI is InChI=1S/C15H15ClF3N/c1-20-11-3-4-12(20)7-9(6-11)13-8-10(15(17,18)19)2-5-14(13)16/h2,5-6,8,11-12H,3-4,7H2,1H3. The minimum absolute atomic E-state index is 0.328. The molecule has 1 aromatic carbocycles. The quantitative estimate of drug-likeness (QED) is 0.732. The Labute approximate surface area is 121 Å². The van der Waals surface area contributed by atoms with Crippen LogP contribution in [-0.4, -0.2) is 24.0 Å². The van der Waals surface area contributed by atoms with Crippen molar-refractivity contribution in [1.82, 2.24) is 4.90 Å². The molecule has 1 nitrogen and oxygen atoms in total. The Morgan fingerprint density at radius 1 is 1.25 bits per heavy atom. The molecule has 1 fully saturated rings. The summed E-state index contributed by atoms with van der Waals surface area (Å²) in [6.45, 7) is 0. The highest BCUT2D eigenvalue weighted by Gasteiger charge is 2.35. The van der Waals surface area contributed by atoms with Crippen molar-refractivity contribution < 1.29 is 13.2 Å². The molecule has 108 valence electrons. The predicted octanol–water partition coefficient (Wildman–Crippen LogP) is 4.61. The first-order chi connectivity index (χ1) is 9.36. The van der Waals surface area contributed by atoms with Crippen LogP contribution >= 0.6 is 11.6 Å². The molecular weight excluding hydrogens is 287 g/mol. The van der Waals surface area contributed by atoms with E-state index < -0.39 is 11.7 Å². The molecule has 5 heteroatoms. The average Bonchev–Trinajstić information content (AvgIpc) is 2.61. The first-order valence-electron chi connectivity index (χ1n) is 6.66. The zero-order valence-corrected chi connectivity index (χ0v) is 11.8. The molecule has 0 aliphatic carbocycles. The van der Waals surface area contributed by atoms with Crippen LogP contribution in [-0.2, 0) is 6.18 Å². The van der Waals surface area contributed by atoms with Gasteiger partial charge < -0.3 is 0 Å². The average molecular weight is 302 g/mol. The summed E-state index contributed by atoms with van der Waals surface area (Å²) in [6.07, 6.45) is 0.683. The Morgan fingerprint density at radius 2 is 2.00 bits per heavy atom. The van der Waals surface area contributed by atoms with E-state index in [2.05, 4.69) is 18.0 Å². The lowest BCUT2D eigenvalue weighted by atomic mass is 9.94. The Hall–Kier alpha value is -1.00. The molecule has 2 unspecified atom stereocenters. The van der Waals surface area contributed by atoms with Gasteiger partial charge in [0, 0.05) is 17.1 Å². The van der Waals surface area contributed by atoms with Gasteiger partial charge in [0.25, 0.3) is 0 Å². The van der Waals surface area contributed by atoms with E-state index in [1.807, 2.05) is 0 Å². The highest BCUT2D eigenvalue weighted by atomic mass is 35.5. The van der Waals surface area contributed by atoms with Gasteiger partial charge in [0.2, 0.25) is 0 Å². The molecule has 2 aliphatic heterocycles. The number of fused-ring (bicyclic) bond motifs is 2. The highest BCUT2D eigenvalue weighted by Crippen LogP contribution is 2.41. The zero-order chi connectivity index (χ0) is 14.5. The van der Waals surface area contributed by atoms with E-state index in [9.17, 15) is 13.2 Å². The maximum absolute atomic E-state index is 12.8. The largest absolute Gasteiger partial charge is 0.416 e. The van der Waals surface area contributed by atoms with E-state index in [1.54, 1.807) is 0 Å². The number of benzene rings is 1. The molecule has 0 N–H and O–H groups in total. The van der Waals surface area contributed by atoms with Crippen molar-refractivity contribution in [3.63, 3.8) is 0 Å². The van der Waals surface area contributed by atoms with Crippen molar-refractivity contribution in [2.45, 2.75) is 37.5 Å². The van der Waals surface area contributed by atoms with Gasteiger partial charge in [-0.25, -0.2) is 0 Å². The van der Waals surface area contributed by atoms with Gasteiger partial charge in [0.05, 0.1) is 5.56 Å². The Kier molecular flexibility index (Phi) is 3.33. The van der Waals surface area contributed by atoms with E-state index in [4.69, 9.17) is 11.6 Å². The number of likely N-dealkylation sites (N-methyl/N-ethyl adjacent to an activating group) is 1. The van der Waals surface area contributed by atoms with Gasteiger partial charge in [-0.1, -0.05) is 17.7 Å². The molecule has 2 aliphatic rings. The molecule has 2 bridgehead atoms. The van der Waals surface area contributed by atoms with Crippen LogP contribution in [0.15, 0.2) is 24.3 Å². The van der Waals surface area contributed by atoms with Crippen LogP contribution < -0.4 is 0 Å². The summed E-state index contributed by atoms with van der Waals surface area (Å²) >= 11 is 6.11. The third kappa shape index (κ3) is 2.35.